The molecule has 1 saturated carbocycles. The van der Waals surface area contributed by atoms with E-state index in [9.17, 15) is 26.4 Å². The van der Waals surface area contributed by atoms with E-state index in [4.69, 9.17) is 0 Å². The Hall–Kier alpha value is -1.81. The fourth-order valence-electron chi connectivity index (χ4n) is 4.72. The molecule has 1 aromatic carbocycles. The van der Waals surface area contributed by atoms with Gasteiger partial charge in [-0.15, -0.1) is 0 Å². The molecule has 1 N–H and O–H groups in total. The Morgan fingerprint density at radius 2 is 1.81 bits per heavy atom. The molecular weight excluding hydrogens is 431 g/mol. The number of rotatable bonds is 6. The lowest BCUT2D eigenvalue weighted by Crippen LogP contribution is -2.53. The summed E-state index contributed by atoms with van der Waals surface area (Å²) in [6.45, 7) is 2.06. The summed E-state index contributed by atoms with van der Waals surface area (Å²) in [6, 6.07) is 3.16. The zero-order valence-electron chi connectivity index (χ0n) is 17.9. The lowest BCUT2D eigenvalue weighted by Gasteiger charge is -2.42. The SMILES string of the molecule is CN(C(=O)Cc1ccc(C(F)(F)F)cc1NS(C)(=O)=O)[C@@H]1CCCC[C@H]1N1CCCC1. The van der Waals surface area contributed by atoms with E-state index in [1.165, 1.54) is 6.07 Å². The number of hydrogen-bond acceptors (Lipinski definition) is 4. The second kappa shape index (κ2) is 9.36. The molecule has 174 valence electrons. The van der Waals surface area contributed by atoms with Gasteiger partial charge in [0.1, 0.15) is 0 Å². The van der Waals surface area contributed by atoms with Gasteiger partial charge in [0, 0.05) is 19.1 Å². The molecule has 1 aromatic rings. The van der Waals surface area contributed by atoms with Crippen LogP contribution in [0.3, 0.4) is 0 Å². The van der Waals surface area contributed by atoms with E-state index < -0.39 is 21.8 Å². The number of carbonyl (C=O) groups excluding carboxylic acids is 1. The predicted octanol–water partition coefficient (Wildman–Crippen LogP) is 3.48. The predicted molar refractivity (Wildman–Crippen MR) is 113 cm³/mol. The molecule has 2 aliphatic rings. The maximum atomic E-state index is 13.1. The number of carbonyl (C=O) groups is 1. The molecule has 1 aliphatic heterocycles. The highest BCUT2D eigenvalue weighted by Gasteiger charge is 2.36. The first-order valence-electron chi connectivity index (χ1n) is 10.6. The number of sulfonamides is 1. The first-order valence-corrected chi connectivity index (χ1v) is 12.5. The normalized spacial score (nSPS) is 23.0. The van der Waals surface area contributed by atoms with Crippen LogP contribution in [0.5, 0.6) is 0 Å². The number of nitrogens with one attached hydrogen (secondary N) is 1. The average Bonchev–Trinajstić information content (AvgIpc) is 3.21. The highest BCUT2D eigenvalue weighted by atomic mass is 32.2. The maximum absolute atomic E-state index is 13.1. The summed E-state index contributed by atoms with van der Waals surface area (Å²) in [7, 11) is -2.06. The third-order valence-electron chi connectivity index (χ3n) is 6.27. The molecule has 0 unspecified atom stereocenters. The molecule has 0 radical (unpaired) electrons. The molecule has 1 heterocycles. The van der Waals surface area contributed by atoms with E-state index in [-0.39, 0.29) is 29.6 Å². The molecular formula is C21H30F3N3O3S. The molecule has 0 bridgehead atoms. The summed E-state index contributed by atoms with van der Waals surface area (Å²) in [4.78, 5) is 17.2. The van der Waals surface area contributed by atoms with Crippen molar-refractivity contribution in [1.82, 2.24) is 9.80 Å². The Labute approximate surface area is 181 Å². The lowest BCUT2D eigenvalue weighted by atomic mass is 9.88. The van der Waals surface area contributed by atoms with Gasteiger partial charge in [-0.25, -0.2) is 8.42 Å². The van der Waals surface area contributed by atoms with Crippen LogP contribution in [-0.2, 0) is 27.4 Å². The zero-order valence-corrected chi connectivity index (χ0v) is 18.7. The minimum Gasteiger partial charge on any atom is -0.341 e. The highest BCUT2D eigenvalue weighted by Crippen LogP contribution is 2.33. The van der Waals surface area contributed by atoms with E-state index in [0.29, 0.717) is 6.04 Å². The Kier molecular flexibility index (Phi) is 7.20. The first kappa shape index (κ1) is 23.8. The number of amides is 1. The molecule has 10 heteroatoms. The van der Waals surface area contributed by atoms with Gasteiger partial charge in [0.05, 0.1) is 23.9 Å². The minimum atomic E-state index is -4.61. The quantitative estimate of drug-likeness (QED) is 0.704. The van der Waals surface area contributed by atoms with Crippen molar-refractivity contribution in [3.63, 3.8) is 0 Å². The van der Waals surface area contributed by atoms with Crippen molar-refractivity contribution in [3.05, 3.63) is 29.3 Å². The van der Waals surface area contributed by atoms with Crippen LogP contribution in [-0.4, -0.2) is 62.6 Å². The fourth-order valence-corrected chi connectivity index (χ4v) is 5.31. The number of nitrogens with zero attached hydrogens (tertiary/aromatic N) is 2. The third-order valence-corrected chi connectivity index (χ3v) is 6.86. The number of likely N-dealkylation sites (tertiary alicyclic amines) is 1. The Morgan fingerprint density at radius 3 is 2.42 bits per heavy atom. The topological polar surface area (TPSA) is 69.7 Å². The van der Waals surface area contributed by atoms with Crippen LogP contribution in [0.25, 0.3) is 0 Å². The monoisotopic (exact) mass is 461 g/mol. The van der Waals surface area contributed by atoms with Crippen LogP contribution in [0.15, 0.2) is 18.2 Å². The van der Waals surface area contributed by atoms with Crippen LogP contribution < -0.4 is 4.72 Å². The van der Waals surface area contributed by atoms with Gasteiger partial charge < -0.3 is 4.90 Å². The van der Waals surface area contributed by atoms with E-state index in [2.05, 4.69) is 9.62 Å². The van der Waals surface area contributed by atoms with E-state index >= 15 is 0 Å². The van der Waals surface area contributed by atoms with Crippen LogP contribution in [0.2, 0.25) is 0 Å². The molecule has 2 atom stereocenters. The van der Waals surface area contributed by atoms with Crippen molar-refractivity contribution in [3.8, 4) is 0 Å². The standard InChI is InChI=1S/C21H30F3N3O3S/c1-26(18-7-3-4-8-19(18)27-11-5-6-12-27)20(28)13-15-9-10-16(21(22,23)24)14-17(15)25-31(2,29)30/h9-10,14,18-19,25H,3-8,11-13H2,1-2H3/t18-,19-/m1/s1. The van der Waals surface area contributed by atoms with Gasteiger partial charge >= 0.3 is 6.18 Å². The van der Waals surface area contributed by atoms with Crippen LogP contribution in [0.4, 0.5) is 18.9 Å². The van der Waals surface area contributed by atoms with Gasteiger partial charge in [-0.2, -0.15) is 13.2 Å². The number of benzene rings is 1. The largest absolute Gasteiger partial charge is 0.416 e. The second-order valence-electron chi connectivity index (χ2n) is 8.59. The lowest BCUT2D eigenvalue weighted by molar-refractivity contribution is -0.137. The zero-order chi connectivity index (χ0) is 22.8. The van der Waals surface area contributed by atoms with Crippen molar-refractivity contribution in [2.45, 2.75) is 63.2 Å². The molecule has 1 aliphatic carbocycles. The average molecular weight is 462 g/mol. The van der Waals surface area contributed by atoms with Gasteiger partial charge in [0.15, 0.2) is 0 Å². The summed E-state index contributed by atoms with van der Waals surface area (Å²) < 4.78 is 64.8. The third kappa shape index (κ3) is 6.12. The van der Waals surface area contributed by atoms with Gasteiger partial charge in [-0.05, 0) is 56.5 Å². The van der Waals surface area contributed by atoms with Gasteiger partial charge in [-0.3, -0.25) is 14.4 Å². The number of alkyl halides is 3. The Morgan fingerprint density at radius 1 is 1.16 bits per heavy atom. The van der Waals surface area contributed by atoms with Crippen molar-refractivity contribution >= 4 is 21.6 Å². The highest BCUT2D eigenvalue weighted by molar-refractivity contribution is 7.92. The summed E-state index contributed by atoms with van der Waals surface area (Å²) in [5, 5.41) is 0. The summed E-state index contributed by atoms with van der Waals surface area (Å²) in [5.74, 6) is -0.229. The van der Waals surface area contributed by atoms with Crippen LogP contribution in [0.1, 0.15) is 49.7 Å². The van der Waals surface area contributed by atoms with Crippen LogP contribution >= 0.6 is 0 Å². The molecule has 0 spiro atoms. The molecule has 0 aromatic heterocycles. The Balaban J connectivity index is 1.80. The van der Waals surface area contributed by atoms with Crippen molar-refractivity contribution in [2.24, 2.45) is 0 Å². The van der Waals surface area contributed by atoms with Gasteiger partial charge in [0.25, 0.3) is 0 Å². The maximum Gasteiger partial charge on any atom is 0.416 e. The van der Waals surface area contributed by atoms with E-state index in [1.807, 2.05) is 0 Å². The fraction of sp³-hybridized carbons (Fsp3) is 0.667. The smallest absolute Gasteiger partial charge is 0.341 e. The van der Waals surface area contributed by atoms with Crippen molar-refractivity contribution < 1.29 is 26.4 Å². The van der Waals surface area contributed by atoms with Crippen molar-refractivity contribution in [2.75, 3.05) is 31.1 Å². The summed E-state index contributed by atoms with van der Waals surface area (Å²) in [5.41, 5.74) is -0.952. The molecule has 2 fully saturated rings. The van der Waals surface area contributed by atoms with Crippen LogP contribution in [0, 0.1) is 0 Å². The molecule has 1 amide bonds. The molecule has 31 heavy (non-hydrogen) atoms. The van der Waals surface area contributed by atoms with Gasteiger partial charge in [0.2, 0.25) is 15.9 Å². The number of halogens is 3. The second-order valence-corrected chi connectivity index (χ2v) is 10.3. The Bertz CT molecular complexity index is 899. The summed E-state index contributed by atoms with van der Waals surface area (Å²) in [6.07, 6.45) is 2.49. The summed E-state index contributed by atoms with van der Waals surface area (Å²) >= 11 is 0. The minimum absolute atomic E-state index is 0.0557. The van der Waals surface area contributed by atoms with Gasteiger partial charge in [-0.1, -0.05) is 18.9 Å². The first-order chi connectivity index (χ1) is 14.5. The number of hydrogen-bond donors (Lipinski definition) is 1. The number of anilines is 1. The van der Waals surface area contributed by atoms with E-state index in [1.54, 1.807) is 11.9 Å². The molecule has 6 nitrogen and oxygen atoms in total. The van der Waals surface area contributed by atoms with E-state index in [0.717, 1.165) is 70.0 Å². The molecule has 1 saturated heterocycles. The van der Waals surface area contributed by atoms with Crippen molar-refractivity contribution in [1.29, 1.82) is 0 Å². The number of likely N-dealkylation sites (N-methyl/N-ethyl adjacent to an activating group) is 1. The molecule has 3 rings (SSSR count).